The first-order valence-electron chi connectivity index (χ1n) is 11.5. The van der Waals surface area contributed by atoms with Gasteiger partial charge in [0, 0.05) is 31.7 Å². The minimum atomic E-state index is 0.805. The van der Waals surface area contributed by atoms with Gasteiger partial charge in [-0.3, -0.25) is 0 Å². The molecule has 32 heavy (non-hydrogen) atoms. The predicted molar refractivity (Wildman–Crippen MR) is 136 cm³/mol. The van der Waals surface area contributed by atoms with Crippen LogP contribution in [0.25, 0.3) is 0 Å². The fraction of sp³-hybridized carbons (Fsp3) is 0.296. The first-order valence-corrected chi connectivity index (χ1v) is 11.5. The molecule has 0 amide bonds. The molecule has 5 nitrogen and oxygen atoms in total. The topological polar surface area (TPSA) is 31.3 Å². The van der Waals surface area contributed by atoms with Crippen LogP contribution in [0.1, 0.15) is 33.3 Å². The molecule has 0 heterocycles. The molecule has 5 heteroatoms. The van der Waals surface area contributed by atoms with Gasteiger partial charge in [-0.05, 0) is 64.1 Å². The lowest BCUT2D eigenvalue weighted by Crippen LogP contribution is -2.29. The molecule has 0 atom stereocenters. The molecular formula is C27H34N4O. The highest BCUT2D eigenvalue weighted by Crippen LogP contribution is 2.33. The van der Waals surface area contributed by atoms with Gasteiger partial charge in [0.2, 0.25) is 0 Å². The van der Waals surface area contributed by atoms with E-state index in [1.165, 1.54) is 0 Å². The van der Waals surface area contributed by atoms with Crippen molar-refractivity contribution >= 4 is 23.3 Å². The Morgan fingerprint density at radius 3 is 1.75 bits per heavy atom. The van der Waals surface area contributed by atoms with Crippen LogP contribution >= 0.6 is 0 Å². The summed E-state index contributed by atoms with van der Waals surface area (Å²) in [5.41, 5.74) is 4.03. The standard InChI is InChI=1S/C27H34N4O/c1-5-29(6-2)26-21-15-16-23(27(26)32-30(7-3)8-4)22-28-31(24-17-11-9-12-18-24)25-19-13-10-14-20-25/h9-22H,5-8H2,1-4H3. The first kappa shape index (κ1) is 23.4. The number of rotatable bonds is 11. The van der Waals surface area contributed by atoms with Crippen LogP contribution in [-0.4, -0.2) is 37.5 Å². The third-order valence-corrected chi connectivity index (χ3v) is 5.37. The number of para-hydroxylation sites is 3. The average molecular weight is 431 g/mol. The Hall–Kier alpha value is -3.31. The second-order valence-corrected chi connectivity index (χ2v) is 7.30. The number of benzene rings is 3. The highest BCUT2D eigenvalue weighted by atomic mass is 16.7. The van der Waals surface area contributed by atoms with E-state index in [1.54, 1.807) is 0 Å². The predicted octanol–water partition coefficient (Wildman–Crippen LogP) is 6.34. The highest BCUT2D eigenvalue weighted by Gasteiger charge is 2.17. The van der Waals surface area contributed by atoms with Crippen molar-refractivity contribution in [1.29, 1.82) is 0 Å². The normalized spacial score (nSPS) is 11.2. The summed E-state index contributed by atoms with van der Waals surface area (Å²) in [6.07, 6.45) is 1.89. The number of hydroxylamine groups is 2. The van der Waals surface area contributed by atoms with Gasteiger partial charge in [-0.2, -0.15) is 5.10 Å². The van der Waals surface area contributed by atoms with Crippen molar-refractivity contribution in [2.24, 2.45) is 5.10 Å². The van der Waals surface area contributed by atoms with Gasteiger partial charge in [-0.25, -0.2) is 5.01 Å². The molecule has 0 fully saturated rings. The molecular weight excluding hydrogens is 396 g/mol. The summed E-state index contributed by atoms with van der Waals surface area (Å²) in [6.45, 7) is 12.0. The second kappa shape index (κ2) is 11.9. The molecule has 3 aromatic carbocycles. The molecule has 3 aromatic rings. The summed E-state index contributed by atoms with van der Waals surface area (Å²) in [6, 6.07) is 26.6. The van der Waals surface area contributed by atoms with Crippen molar-refractivity contribution < 1.29 is 4.84 Å². The molecule has 0 saturated heterocycles. The second-order valence-electron chi connectivity index (χ2n) is 7.30. The molecule has 0 aliphatic carbocycles. The van der Waals surface area contributed by atoms with E-state index in [-0.39, 0.29) is 0 Å². The SMILES string of the molecule is CCN(CC)Oc1c(C=NN(c2ccccc2)c2ccccc2)cccc1N(CC)CC. The zero-order valence-corrected chi connectivity index (χ0v) is 19.6. The maximum Gasteiger partial charge on any atom is 0.179 e. The maximum absolute atomic E-state index is 6.39. The Morgan fingerprint density at radius 2 is 1.25 bits per heavy atom. The fourth-order valence-electron chi connectivity index (χ4n) is 3.58. The van der Waals surface area contributed by atoms with E-state index in [2.05, 4.69) is 75.1 Å². The zero-order valence-electron chi connectivity index (χ0n) is 19.6. The van der Waals surface area contributed by atoms with Crippen LogP contribution in [0.3, 0.4) is 0 Å². The Balaban J connectivity index is 2.05. The number of hydrogen-bond donors (Lipinski definition) is 0. The Morgan fingerprint density at radius 1 is 0.688 bits per heavy atom. The summed E-state index contributed by atoms with van der Waals surface area (Å²) in [4.78, 5) is 8.69. The fourth-order valence-corrected chi connectivity index (χ4v) is 3.58. The van der Waals surface area contributed by atoms with Crippen molar-refractivity contribution in [3.63, 3.8) is 0 Å². The van der Waals surface area contributed by atoms with Crippen LogP contribution in [0.2, 0.25) is 0 Å². The van der Waals surface area contributed by atoms with Gasteiger partial charge in [-0.15, -0.1) is 5.06 Å². The molecule has 0 aromatic heterocycles. The highest BCUT2D eigenvalue weighted by molar-refractivity contribution is 5.88. The van der Waals surface area contributed by atoms with Gasteiger partial charge in [0.05, 0.1) is 23.3 Å². The molecule has 0 bridgehead atoms. The maximum atomic E-state index is 6.39. The van der Waals surface area contributed by atoms with Crippen LogP contribution in [0, 0.1) is 0 Å². The molecule has 0 radical (unpaired) electrons. The van der Waals surface area contributed by atoms with Gasteiger partial charge in [-0.1, -0.05) is 42.5 Å². The number of hydrazone groups is 1. The third-order valence-electron chi connectivity index (χ3n) is 5.37. The minimum Gasteiger partial charge on any atom is -0.403 e. The van der Waals surface area contributed by atoms with Crippen molar-refractivity contribution in [2.45, 2.75) is 27.7 Å². The summed E-state index contributed by atoms with van der Waals surface area (Å²) < 4.78 is 0. The van der Waals surface area contributed by atoms with Crippen LogP contribution in [0.5, 0.6) is 5.75 Å². The van der Waals surface area contributed by atoms with E-state index in [9.17, 15) is 0 Å². The van der Waals surface area contributed by atoms with Gasteiger partial charge < -0.3 is 9.74 Å². The van der Waals surface area contributed by atoms with Crippen molar-refractivity contribution in [1.82, 2.24) is 5.06 Å². The van der Waals surface area contributed by atoms with E-state index in [0.29, 0.717) is 0 Å². The average Bonchev–Trinajstić information content (AvgIpc) is 2.85. The van der Waals surface area contributed by atoms with Gasteiger partial charge in [0.25, 0.3) is 0 Å². The molecule has 0 saturated carbocycles. The third kappa shape index (κ3) is 5.68. The van der Waals surface area contributed by atoms with E-state index in [4.69, 9.17) is 9.94 Å². The van der Waals surface area contributed by atoms with Crippen molar-refractivity contribution in [2.75, 3.05) is 36.1 Å². The van der Waals surface area contributed by atoms with Crippen molar-refractivity contribution in [3.05, 3.63) is 84.4 Å². The number of anilines is 3. The largest absolute Gasteiger partial charge is 0.403 e. The number of nitrogens with zero attached hydrogens (tertiary/aromatic N) is 4. The minimum absolute atomic E-state index is 0.805. The lowest BCUT2D eigenvalue weighted by molar-refractivity contribution is -0.0483. The Labute approximate surface area is 192 Å². The van der Waals surface area contributed by atoms with Gasteiger partial charge >= 0.3 is 0 Å². The lowest BCUT2D eigenvalue weighted by Gasteiger charge is -2.28. The quantitative estimate of drug-likeness (QED) is 0.262. The van der Waals surface area contributed by atoms with Crippen LogP contribution in [-0.2, 0) is 0 Å². The number of hydrogen-bond acceptors (Lipinski definition) is 5. The first-order chi connectivity index (χ1) is 15.7. The van der Waals surface area contributed by atoms with E-state index in [0.717, 1.165) is 54.6 Å². The molecule has 3 rings (SSSR count). The molecule has 0 aliphatic heterocycles. The van der Waals surface area contributed by atoms with E-state index in [1.807, 2.05) is 52.7 Å². The monoisotopic (exact) mass is 430 g/mol. The smallest absolute Gasteiger partial charge is 0.179 e. The molecule has 0 N–H and O–H groups in total. The summed E-state index contributed by atoms with van der Waals surface area (Å²) in [7, 11) is 0. The van der Waals surface area contributed by atoms with Gasteiger partial charge in [0.1, 0.15) is 0 Å². The molecule has 0 spiro atoms. The molecule has 168 valence electrons. The van der Waals surface area contributed by atoms with Gasteiger partial charge in [0.15, 0.2) is 5.75 Å². The van der Waals surface area contributed by atoms with E-state index < -0.39 is 0 Å². The Kier molecular flexibility index (Phi) is 8.70. The summed E-state index contributed by atoms with van der Waals surface area (Å²) in [5.74, 6) is 0.838. The van der Waals surface area contributed by atoms with Crippen molar-refractivity contribution in [3.8, 4) is 5.75 Å². The van der Waals surface area contributed by atoms with Crippen LogP contribution in [0.15, 0.2) is 84.0 Å². The van der Waals surface area contributed by atoms with Crippen LogP contribution in [0.4, 0.5) is 17.1 Å². The Bertz CT molecular complexity index is 928. The zero-order chi connectivity index (χ0) is 22.8. The van der Waals surface area contributed by atoms with Crippen LogP contribution < -0.4 is 14.7 Å². The molecule has 0 aliphatic rings. The molecule has 0 unspecified atom stereocenters. The summed E-state index contributed by atoms with van der Waals surface area (Å²) in [5, 5.41) is 8.81. The van der Waals surface area contributed by atoms with E-state index >= 15 is 0 Å². The lowest BCUT2D eigenvalue weighted by atomic mass is 10.1. The summed E-state index contributed by atoms with van der Waals surface area (Å²) >= 11 is 0.